The van der Waals surface area contributed by atoms with Gasteiger partial charge in [0.1, 0.15) is 11.3 Å². The summed E-state index contributed by atoms with van der Waals surface area (Å²) in [6.45, 7) is 1.77. The Labute approximate surface area is 159 Å². The highest BCUT2D eigenvalue weighted by atomic mass is 35.5. The van der Waals surface area contributed by atoms with E-state index in [4.69, 9.17) is 16.0 Å². The van der Waals surface area contributed by atoms with Gasteiger partial charge in [0.2, 0.25) is 0 Å². The Balaban J connectivity index is 1.51. The lowest BCUT2D eigenvalue weighted by atomic mass is 10.2. The molecule has 1 fully saturated rings. The number of furan rings is 1. The molecule has 0 aliphatic carbocycles. The summed E-state index contributed by atoms with van der Waals surface area (Å²) in [7, 11) is 0. The number of anilines is 1. The number of rotatable bonds is 3. The highest BCUT2D eigenvalue weighted by Crippen LogP contribution is 2.36. The van der Waals surface area contributed by atoms with E-state index in [1.807, 2.05) is 29.2 Å². The number of hydrogen-bond donors (Lipinski definition) is 0. The summed E-state index contributed by atoms with van der Waals surface area (Å²) in [6.07, 6.45) is 0. The smallest absolute Gasteiger partial charge is 0.294 e. The van der Waals surface area contributed by atoms with Crippen LogP contribution in [0.15, 0.2) is 52.9 Å². The van der Waals surface area contributed by atoms with Gasteiger partial charge < -0.3 is 14.2 Å². The zero-order valence-electron chi connectivity index (χ0n) is 14.3. The number of halogens is 1. The van der Waals surface area contributed by atoms with E-state index in [2.05, 4.69) is 0 Å². The van der Waals surface area contributed by atoms with E-state index in [0.717, 1.165) is 5.39 Å². The van der Waals surface area contributed by atoms with Gasteiger partial charge in [-0.1, -0.05) is 35.9 Å². The van der Waals surface area contributed by atoms with Crippen molar-refractivity contribution in [3.63, 3.8) is 0 Å². The lowest BCUT2D eigenvalue weighted by molar-refractivity contribution is -0.384. The van der Waals surface area contributed by atoms with Crippen molar-refractivity contribution in [1.29, 1.82) is 0 Å². The van der Waals surface area contributed by atoms with Crippen molar-refractivity contribution in [3.8, 4) is 0 Å². The van der Waals surface area contributed by atoms with Gasteiger partial charge in [-0.3, -0.25) is 14.9 Å². The largest absolute Gasteiger partial charge is 0.451 e. The van der Waals surface area contributed by atoms with Crippen LogP contribution in [-0.4, -0.2) is 41.9 Å². The molecule has 4 rings (SSSR count). The molecule has 2 heterocycles. The predicted molar refractivity (Wildman–Crippen MR) is 102 cm³/mol. The second-order valence-corrected chi connectivity index (χ2v) is 6.70. The first-order chi connectivity index (χ1) is 13.0. The fourth-order valence-electron chi connectivity index (χ4n) is 3.34. The number of hydrogen-bond acceptors (Lipinski definition) is 5. The Hall–Kier alpha value is -3.06. The van der Waals surface area contributed by atoms with Crippen LogP contribution in [0.2, 0.25) is 5.02 Å². The Morgan fingerprint density at radius 3 is 2.52 bits per heavy atom. The molecule has 3 aromatic rings. The van der Waals surface area contributed by atoms with Crippen LogP contribution in [0.4, 0.5) is 11.4 Å². The number of fused-ring (bicyclic) bond motifs is 1. The molecule has 0 bridgehead atoms. The summed E-state index contributed by atoms with van der Waals surface area (Å²) in [5.74, 6) is 0.118. The van der Waals surface area contributed by atoms with Crippen molar-refractivity contribution < 1.29 is 14.1 Å². The fourth-order valence-corrected chi connectivity index (χ4v) is 3.63. The molecule has 1 amide bonds. The summed E-state index contributed by atoms with van der Waals surface area (Å²) in [5.41, 5.74) is 1.05. The Kier molecular flexibility index (Phi) is 4.45. The van der Waals surface area contributed by atoms with Gasteiger partial charge >= 0.3 is 0 Å². The lowest BCUT2D eigenvalue weighted by Gasteiger charge is -2.35. The molecule has 0 unspecified atom stereocenters. The maximum atomic E-state index is 12.7. The summed E-state index contributed by atoms with van der Waals surface area (Å²) in [6, 6.07) is 13.8. The monoisotopic (exact) mass is 385 g/mol. The maximum Gasteiger partial charge on any atom is 0.294 e. The lowest BCUT2D eigenvalue weighted by Crippen LogP contribution is -2.49. The average molecular weight is 386 g/mol. The molecule has 0 atom stereocenters. The molecule has 0 saturated carbocycles. The van der Waals surface area contributed by atoms with Crippen molar-refractivity contribution >= 4 is 39.9 Å². The highest BCUT2D eigenvalue weighted by molar-refractivity contribution is 6.33. The number of carbonyl (C=O) groups is 1. The van der Waals surface area contributed by atoms with Gasteiger partial charge in [-0.05, 0) is 18.2 Å². The molecule has 1 aliphatic rings. The zero-order chi connectivity index (χ0) is 19.0. The van der Waals surface area contributed by atoms with Crippen LogP contribution in [0.3, 0.4) is 0 Å². The SMILES string of the molecule is O=C(c1cc2ccccc2o1)N1CCN(c2c(Cl)cccc2[N+](=O)[O-])CC1. The van der Waals surface area contributed by atoms with Gasteiger partial charge in [0, 0.05) is 37.6 Å². The number of carbonyl (C=O) groups excluding carboxylic acids is 1. The number of nitrogens with zero attached hydrogens (tertiary/aromatic N) is 3. The molecule has 138 valence electrons. The predicted octanol–water partition coefficient (Wildman–Crippen LogP) is 3.96. The molecule has 27 heavy (non-hydrogen) atoms. The van der Waals surface area contributed by atoms with Gasteiger partial charge in [-0.25, -0.2) is 0 Å². The number of nitro groups is 1. The second-order valence-electron chi connectivity index (χ2n) is 6.29. The molecule has 8 heteroatoms. The van der Waals surface area contributed by atoms with Crippen molar-refractivity contribution in [3.05, 3.63) is 69.4 Å². The standard InChI is InChI=1S/C19H16ClN3O4/c20-14-5-3-6-15(23(25)26)18(14)21-8-10-22(11-9-21)19(24)17-12-13-4-1-2-7-16(13)27-17/h1-7,12H,8-11H2. The molecular weight excluding hydrogens is 370 g/mol. The molecule has 0 radical (unpaired) electrons. The van der Waals surface area contributed by atoms with Gasteiger partial charge in [-0.15, -0.1) is 0 Å². The summed E-state index contributed by atoms with van der Waals surface area (Å²) >= 11 is 6.21. The number of amides is 1. The second kappa shape index (κ2) is 6.92. The molecular formula is C19H16ClN3O4. The fraction of sp³-hybridized carbons (Fsp3) is 0.211. The number of piperazine rings is 1. The summed E-state index contributed by atoms with van der Waals surface area (Å²) in [4.78, 5) is 27.1. The average Bonchev–Trinajstić information content (AvgIpc) is 3.11. The van der Waals surface area contributed by atoms with Crippen LogP contribution in [0, 0.1) is 10.1 Å². The quantitative estimate of drug-likeness (QED) is 0.503. The Bertz CT molecular complexity index is 992. The third-order valence-corrected chi connectivity index (χ3v) is 4.99. The van der Waals surface area contributed by atoms with E-state index in [9.17, 15) is 14.9 Å². The minimum atomic E-state index is -0.437. The minimum Gasteiger partial charge on any atom is -0.451 e. The van der Waals surface area contributed by atoms with Crippen LogP contribution >= 0.6 is 11.6 Å². The molecule has 7 nitrogen and oxygen atoms in total. The normalized spacial score (nSPS) is 14.6. The maximum absolute atomic E-state index is 12.7. The first-order valence-corrected chi connectivity index (χ1v) is 8.88. The first kappa shape index (κ1) is 17.4. The number of para-hydroxylation sites is 2. The van der Waals surface area contributed by atoms with Crippen molar-refractivity contribution in [2.45, 2.75) is 0 Å². The van der Waals surface area contributed by atoms with Gasteiger partial charge in [0.25, 0.3) is 11.6 Å². The first-order valence-electron chi connectivity index (χ1n) is 8.50. The number of nitro benzene ring substituents is 1. The van der Waals surface area contributed by atoms with E-state index in [-0.39, 0.29) is 11.6 Å². The van der Waals surface area contributed by atoms with E-state index in [1.165, 1.54) is 6.07 Å². The van der Waals surface area contributed by atoms with Gasteiger partial charge in [-0.2, -0.15) is 0 Å². The Morgan fingerprint density at radius 2 is 1.81 bits per heavy atom. The van der Waals surface area contributed by atoms with Crippen LogP contribution in [0.5, 0.6) is 0 Å². The van der Waals surface area contributed by atoms with E-state index in [0.29, 0.717) is 48.2 Å². The van der Waals surface area contributed by atoms with Crippen LogP contribution in [-0.2, 0) is 0 Å². The van der Waals surface area contributed by atoms with Crippen molar-refractivity contribution in [2.75, 3.05) is 31.1 Å². The van der Waals surface area contributed by atoms with Crippen molar-refractivity contribution in [2.24, 2.45) is 0 Å². The molecule has 2 aromatic carbocycles. The summed E-state index contributed by atoms with van der Waals surface area (Å²) in [5, 5.41) is 12.5. The Morgan fingerprint density at radius 1 is 1.07 bits per heavy atom. The summed E-state index contributed by atoms with van der Waals surface area (Å²) < 4.78 is 5.65. The molecule has 1 aromatic heterocycles. The van der Waals surface area contributed by atoms with Crippen LogP contribution in [0.1, 0.15) is 10.6 Å². The third-order valence-electron chi connectivity index (χ3n) is 4.68. The molecule has 0 N–H and O–H groups in total. The van der Waals surface area contributed by atoms with Crippen LogP contribution in [0.25, 0.3) is 11.0 Å². The minimum absolute atomic E-state index is 0.0282. The highest BCUT2D eigenvalue weighted by Gasteiger charge is 2.29. The van der Waals surface area contributed by atoms with Crippen LogP contribution < -0.4 is 4.90 Å². The zero-order valence-corrected chi connectivity index (χ0v) is 15.1. The van der Waals surface area contributed by atoms with Gasteiger partial charge in [0.15, 0.2) is 5.76 Å². The van der Waals surface area contributed by atoms with Gasteiger partial charge in [0.05, 0.1) is 9.95 Å². The van der Waals surface area contributed by atoms with Crippen molar-refractivity contribution in [1.82, 2.24) is 4.90 Å². The molecule has 1 saturated heterocycles. The van der Waals surface area contributed by atoms with E-state index < -0.39 is 4.92 Å². The van der Waals surface area contributed by atoms with E-state index in [1.54, 1.807) is 23.1 Å². The molecule has 0 spiro atoms. The molecule has 1 aliphatic heterocycles. The third kappa shape index (κ3) is 3.21. The number of benzene rings is 2. The topological polar surface area (TPSA) is 79.8 Å². The van der Waals surface area contributed by atoms with E-state index >= 15 is 0 Å².